The quantitative estimate of drug-likeness (QED) is 0.655. The van der Waals surface area contributed by atoms with Crippen molar-refractivity contribution in [1.29, 1.82) is 0 Å². The first kappa shape index (κ1) is 9.25. The Morgan fingerprint density at radius 3 is 3.00 bits per heavy atom. The van der Waals surface area contributed by atoms with Gasteiger partial charge in [0.25, 0.3) is 0 Å². The Morgan fingerprint density at radius 2 is 2.36 bits per heavy atom. The average Bonchev–Trinajstić information content (AvgIpc) is 2.65. The minimum Gasteiger partial charge on any atom is -0.328 e. The van der Waals surface area contributed by atoms with E-state index < -0.39 is 5.76 Å². The molecule has 0 atom stereocenters. The average molecular weight is 303 g/mol. The summed E-state index contributed by atoms with van der Waals surface area (Å²) in [4.78, 5) is 13.2. The number of aromatic amines is 1. The Hall–Kier alpha value is -1.31. The summed E-state index contributed by atoms with van der Waals surface area (Å²) in [6.45, 7) is 0. The maximum absolute atomic E-state index is 10.7. The monoisotopic (exact) mass is 303 g/mol. The summed E-state index contributed by atoms with van der Waals surface area (Å²) in [5.74, 6) is -0.115. The van der Waals surface area contributed by atoms with Gasteiger partial charge in [0.2, 0.25) is 0 Å². The van der Waals surface area contributed by atoms with E-state index in [0.29, 0.717) is 5.82 Å². The van der Waals surface area contributed by atoms with Crippen LogP contribution in [-0.2, 0) is 0 Å². The van der Waals surface area contributed by atoms with Crippen molar-refractivity contribution in [2.75, 3.05) is 3.53 Å². The van der Waals surface area contributed by atoms with Gasteiger partial charge in [0.05, 0.1) is 22.9 Å². The molecular weight excluding hydrogens is 297 g/mol. The van der Waals surface area contributed by atoms with Crippen LogP contribution in [0.1, 0.15) is 0 Å². The van der Waals surface area contributed by atoms with E-state index >= 15 is 0 Å². The van der Waals surface area contributed by atoms with E-state index in [1.165, 1.54) is 0 Å². The van der Waals surface area contributed by atoms with Crippen molar-refractivity contribution in [3.05, 3.63) is 34.8 Å². The van der Waals surface area contributed by atoms with Gasteiger partial charge in [0.1, 0.15) is 0 Å². The van der Waals surface area contributed by atoms with Gasteiger partial charge in [0.15, 0.2) is 5.82 Å². The molecule has 1 aromatic heterocycles. The number of benzene rings is 1. The Balaban J connectivity index is 2.46. The first-order chi connectivity index (χ1) is 6.79. The highest BCUT2D eigenvalue weighted by atomic mass is 127. The lowest BCUT2D eigenvalue weighted by Crippen LogP contribution is -1.94. The fourth-order valence-corrected chi connectivity index (χ4v) is 1.42. The minimum absolute atomic E-state index is 0.434. The zero-order chi connectivity index (χ0) is 9.97. The van der Waals surface area contributed by atoms with Crippen LogP contribution in [0, 0.1) is 0 Å². The number of rotatable bonds is 2. The third-order valence-corrected chi connectivity index (χ3v) is 2.31. The van der Waals surface area contributed by atoms with E-state index in [0.717, 1.165) is 11.3 Å². The number of nitrogens with zero attached hydrogens (tertiary/aromatic N) is 1. The van der Waals surface area contributed by atoms with E-state index in [-0.39, 0.29) is 0 Å². The molecule has 0 aliphatic heterocycles. The van der Waals surface area contributed by atoms with Crippen LogP contribution in [0.3, 0.4) is 0 Å². The number of anilines is 1. The highest BCUT2D eigenvalue weighted by Crippen LogP contribution is 2.18. The van der Waals surface area contributed by atoms with Crippen molar-refractivity contribution < 1.29 is 4.52 Å². The molecule has 72 valence electrons. The second-order valence-corrected chi connectivity index (χ2v) is 3.16. The lowest BCUT2D eigenvalue weighted by molar-refractivity contribution is 0.388. The molecule has 5 nitrogen and oxygen atoms in total. The van der Waals surface area contributed by atoms with Crippen LogP contribution in [0.2, 0.25) is 0 Å². The van der Waals surface area contributed by atoms with Gasteiger partial charge in [-0.1, -0.05) is 17.3 Å². The predicted octanol–water partition coefficient (Wildman–Crippen LogP) is 1.79. The summed E-state index contributed by atoms with van der Waals surface area (Å²) in [6.07, 6.45) is 0. The van der Waals surface area contributed by atoms with Gasteiger partial charge in [-0.05, 0) is 12.1 Å². The molecule has 1 aromatic carbocycles. The molecule has 2 rings (SSSR count). The van der Waals surface area contributed by atoms with Crippen molar-refractivity contribution in [2.45, 2.75) is 0 Å². The summed E-state index contributed by atoms with van der Waals surface area (Å²) in [6, 6.07) is 7.48. The van der Waals surface area contributed by atoms with Gasteiger partial charge in [-0.15, -0.1) is 0 Å². The molecule has 0 radical (unpaired) electrons. The number of hydrogen-bond acceptors (Lipinski definition) is 4. The molecule has 0 saturated heterocycles. The topological polar surface area (TPSA) is 70.9 Å². The molecule has 0 unspecified atom stereocenters. The van der Waals surface area contributed by atoms with E-state index in [9.17, 15) is 4.79 Å². The zero-order valence-electron chi connectivity index (χ0n) is 6.95. The van der Waals surface area contributed by atoms with Gasteiger partial charge in [0, 0.05) is 11.3 Å². The van der Waals surface area contributed by atoms with Crippen LogP contribution in [-0.4, -0.2) is 10.1 Å². The largest absolute Gasteiger partial charge is 0.439 e. The van der Waals surface area contributed by atoms with E-state index in [1.807, 2.05) is 47.1 Å². The number of halogens is 1. The highest BCUT2D eigenvalue weighted by molar-refractivity contribution is 14.1. The predicted molar refractivity (Wildman–Crippen MR) is 60.2 cm³/mol. The standard InChI is InChI=1S/C8H6IN3O2/c9-11-6-3-1-2-5(4-6)7-10-8(13)14-12-7/h1-4,11H,(H,10,12,13). The fraction of sp³-hybridized carbons (Fsp3) is 0. The van der Waals surface area contributed by atoms with Crippen molar-refractivity contribution in [2.24, 2.45) is 0 Å². The lowest BCUT2D eigenvalue weighted by atomic mass is 10.2. The van der Waals surface area contributed by atoms with Crippen LogP contribution in [0.5, 0.6) is 0 Å². The van der Waals surface area contributed by atoms with E-state index in [4.69, 9.17) is 0 Å². The second kappa shape index (κ2) is 3.82. The zero-order valence-corrected chi connectivity index (χ0v) is 9.11. The SMILES string of the molecule is O=c1[nH]c(-c2cccc(NI)c2)no1. The van der Waals surface area contributed by atoms with E-state index in [2.05, 4.69) is 18.2 Å². The molecule has 0 bridgehead atoms. The van der Waals surface area contributed by atoms with Crippen molar-refractivity contribution in [3.63, 3.8) is 0 Å². The maximum Gasteiger partial charge on any atom is 0.439 e. The van der Waals surface area contributed by atoms with Crippen LogP contribution in [0.15, 0.2) is 33.6 Å². The van der Waals surface area contributed by atoms with Gasteiger partial charge >= 0.3 is 5.76 Å². The molecule has 2 aromatic rings. The molecule has 0 fully saturated rings. The third kappa shape index (κ3) is 1.79. The van der Waals surface area contributed by atoms with Crippen LogP contribution >= 0.6 is 22.9 Å². The third-order valence-electron chi connectivity index (χ3n) is 1.69. The van der Waals surface area contributed by atoms with Gasteiger partial charge < -0.3 is 3.53 Å². The highest BCUT2D eigenvalue weighted by Gasteiger charge is 2.03. The van der Waals surface area contributed by atoms with Crippen molar-refractivity contribution >= 4 is 28.6 Å². The molecule has 0 aliphatic carbocycles. The Bertz CT molecular complexity index is 491. The first-order valence-corrected chi connectivity index (χ1v) is 4.90. The molecule has 0 aliphatic rings. The molecule has 1 heterocycles. The van der Waals surface area contributed by atoms with Crippen molar-refractivity contribution in [1.82, 2.24) is 10.1 Å². The number of nitrogens with one attached hydrogen (secondary N) is 2. The Morgan fingerprint density at radius 1 is 1.50 bits per heavy atom. The minimum atomic E-state index is -0.548. The van der Waals surface area contributed by atoms with Crippen molar-refractivity contribution in [3.8, 4) is 11.4 Å². The van der Waals surface area contributed by atoms with Crippen LogP contribution in [0.4, 0.5) is 5.69 Å². The summed E-state index contributed by atoms with van der Waals surface area (Å²) in [7, 11) is 0. The second-order valence-electron chi connectivity index (χ2n) is 2.62. The maximum atomic E-state index is 10.7. The Kier molecular flexibility index (Phi) is 2.53. The molecule has 0 saturated carbocycles. The molecular formula is C8H6IN3O2. The Labute approximate surface area is 93.0 Å². The van der Waals surface area contributed by atoms with Crippen LogP contribution < -0.4 is 9.29 Å². The van der Waals surface area contributed by atoms with Gasteiger partial charge in [-0.2, -0.15) is 0 Å². The molecule has 14 heavy (non-hydrogen) atoms. The molecule has 0 amide bonds. The lowest BCUT2D eigenvalue weighted by Gasteiger charge is -1.99. The number of aromatic nitrogens is 2. The summed E-state index contributed by atoms with van der Waals surface area (Å²) in [5, 5.41) is 3.59. The first-order valence-electron chi connectivity index (χ1n) is 3.82. The fourth-order valence-electron chi connectivity index (χ4n) is 1.08. The summed E-state index contributed by atoms with van der Waals surface area (Å²) >= 11 is 2.03. The number of H-pyrrole nitrogens is 1. The summed E-state index contributed by atoms with van der Waals surface area (Å²) < 4.78 is 7.37. The summed E-state index contributed by atoms with van der Waals surface area (Å²) in [5.41, 5.74) is 1.74. The molecule has 2 N–H and O–H groups in total. The van der Waals surface area contributed by atoms with Gasteiger partial charge in [-0.25, -0.2) is 4.79 Å². The molecule has 6 heteroatoms. The smallest absolute Gasteiger partial charge is 0.328 e. The normalized spacial score (nSPS) is 10.1. The number of hydrogen-bond donors (Lipinski definition) is 2. The molecule has 0 spiro atoms. The van der Waals surface area contributed by atoms with E-state index in [1.54, 1.807) is 0 Å². The van der Waals surface area contributed by atoms with Gasteiger partial charge in [-0.3, -0.25) is 9.51 Å². The van der Waals surface area contributed by atoms with Crippen LogP contribution in [0.25, 0.3) is 11.4 Å².